The molecule has 0 saturated carbocycles. The first-order valence-corrected chi connectivity index (χ1v) is 5.58. The summed E-state index contributed by atoms with van der Waals surface area (Å²) in [5, 5.41) is 7.62. The fourth-order valence-electron chi connectivity index (χ4n) is 1.55. The van der Waals surface area contributed by atoms with Crippen molar-refractivity contribution < 1.29 is 0 Å². The Morgan fingerprint density at radius 1 is 1.31 bits per heavy atom. The summed E-state index contributed by atoms with van der Waals surface area (Å²) in [6.45, 7) is 5.20. The third-order valence-corrected chi connectivity index (χ3v) is 2.39. The molecule has 0 spiro atoms. The van der Waals surface area contributed by atoms with Crippen LogP contribution in [0.4, 0.5) is 0 Å². The van der Waals surface area contributed by atoms with Crippen LogP contribution in [-0.4, -0.2) is 15.8 Å². The van der Waals surface area contributed by atoms with Gasteiger partial charge in [-0.2, -0.15) is 5.10 Å². The van der Waals surface area contributed by atoms with Crippen molar-refractivity contribution in [3.8, 4) is 5.69 Å². The molecule has 3 heteroatoms. The van der Waals surface area contributed by atoms with Gasteiger partial charge in [-0.25, -0.2) is 4.68 Å². The summed E-state index contributed by atoms with van der Waals surface area (Å²) in [7, 11) is 0. The van der Waals surface area contributed by atoms with E-state index in [0.29, 0.717) is 6.04 Å². The highest BCUT2D eigenvalue weighted by Gasteiger charge is 1.99. The third-order valence-electron chi connectivity index (χ3n) is 2.39. The Kier molecular flexibility index (Phi) is 3.37. The van der Waals surface area contributed by atoms with E-state index >= 15 is 0 Å². The van der Waals surface area contributed by atoms with E-state index in [1.165, 1.54) is 5.56 Å². The zero-order chi connectivity index (χ0) is 11.4. The van der Waals surface area contributed by atoms with Crippen LogP contribution in [0, 0.1) is 0 Å². The van der Waals surface area contributed by atoms with Crippen molar-refractivity contribution >= 4 is 0 Å². The van der Waals surface area contributed by atoms with E-state index < -0.39 is 0 Å². The summed E-state index contributed by atoms with van der Waals surface area (Å²) in [6, 6.07) is 10.8. The van der Waals surface area contributed by atoms with Crippen LogP contribution in [0.25, 0.3) is 5.69 Å². The average molecular weight is 215 g/mol. The van der Waals surface area contributed by atoms with Crippen LogP contribution in [0.5, 0.6) is 0 Å². The first kappa shape index (κ1) is 10.9. The molecule has 84 valence electrons. The van der Waals surface area contributed by atoms with Crippen LogP contribution in [0.1, 0.15) is 19.4 Å². The highest BCUT2D eigenvalue weighted by molar-refractivity contribution is 5.34. The molecule has 2 rings (SSSR count). The minimum absolute atomic E-state index is 0.508. The van der Waals surface area contributed by atoms with Gasteiger partial charge in [0.25, 0.3) is 0 Å². The molecule has 0 radical (unpaired) electrons. The summed E-state index contributed by atoms with van der Waals surface area (Å²) >= 11 is 0. The molecular formula is C13H17N3. The van der Waals surface area contributed by atoms with Crippen molar-refractivity contribution in [2.45, 2.75) is 26.4 Å². The molecule has 0 fully saturated rings. The predicted octanol–water partition coefficient (Wildman–Crippen LogP) is 2.37. The molecule has 0 bridgehead atoms. The number of hydrogen-bond acceptors (Lipinski definition) is 2. The molecule has 0 unspecified atom stereocenters. The highest BCUT2D eigenvalue weighted by atomic mass is 15.3. The SMILES string of the molecule is CC(C)NCc1cccc(-n2cccn2)c1. The van der Waals surface area contributed by atoms with E-state index in [9.17, 15) is 0 Å². The summed E-state index contributed by atoms with van der Waals surface area (Å²) in [5.74, 6) is 0. The van der Waals surface area contributed by atoms with E-state index in [1.807, 2.05) is 16.9 Å². The van der Waals surface area contributed by atoms with Gasteiger partial charge in [-0.05, 0) is 23.8 Å². The molecule has 0 aliphatic rings. The second kappa shape index (κ2) is 4.94. The smallest absolute Gasteiger partial charge is 0.0648 e. The van der Waals surface area contributed by atoms with Crippen LogP contribution in [0.15, 0.2) is 42.7 Å². The minimum atomic E-state index is 0.508. The van der Waals surface area contributed by atoms with Gasteiger partial charge in [0.15, 0.2) is 0 Å². The van der Waals surface area contributed by atoms with Gasteiger partial charge in [0, 0.05) is 25.0 Å². The number of hydrogen-bond donors (Lipinski definition) is 1. The van der Waals surface area contributed by atoms with Gasteiger partial charge in [-0.3, -0.25) is 0 Å². The van der Waals surface area contributed by atoms with Gasteiger partial charge in [0.2, 0.25) is 0 Å². The molecule has 1 N–H and O–H groups in total. The molecule has 1 aromatic carbocycles. The van der Waals surface area contributed by atoms with Gasteiger partial charge in [0.05, 0.1) is 5.69 Å². The van der Waals surface area contributed by atoms with Crippen LogP contribution in [0.2, 0.25) is 0 Å². The molecule has 1 aromatic heterocycles. The Labute approximate surface area is 96.1 Å². The molecule has 3 nitrogen and oxygen atoms in total. The quantitative estimate of drug-likeness (QED) is 0.848. The largest absolute Gasteiger partial charge is 0.310 e. The van der Waals surface area contributed by atoms with Crippen LogP contribution < -0.4 is 5.32 Å². The van der Waals surface area contributed by atoms with Crippen molar-refractivity contribution in [1.29, 1.82) is 0 Å². The predicted molar refractivity (Wildman–Crippen MR) is 65.5 cm³/mol. The number of nitrogens with zero attached hydrogens (tertiary/aromatic N) is 2. The molecular weight excluding hydrogens is 198 g/mol. The van der Waals surface area contributed by atoms with Crippen LogP contribution >= 0.6 is 0 Å². The lowest BCUT2D eigenvalue weighted by atomic mass is 10.2. The summed E-state index contributed by atoms with van der Waals surface area (Å²) in [6.07, 6.45) is 3.74. The summed E-state index contributed by atoms with van der Waals surface area (Å²) < 4.78 is 1.87. The average Bonchev–Trinajstić information content (AvgIpc) is 2.80. The van der Waals surface area contributed by atoms with Crippen LogP contribution in [-0.2, 0) is 6.54 Å². The lowest BCUT2D eigenvalue weighted by Gasteiger charge is -2.09. The van der Waals surface area contributed by atoms with Gasteiger partial charge < -0.3 is 5.32 Å². The van der Waals surface area contributed by atoms with Crippen molar-refractivity contribution in [3.05, 3.63) is 48.3 Å². The van der Waals surface area contributed by atoms with E-state index in [1.54, 1.807) is 6.20 Å². The molecule has 0 aliphatic carbocycles. The Bertz CT molecular complexity index is 432. The van der Waals surface area contributed by atoms with Gasteiger partial charge >= 0.3 is 0 Å². The van der Waals surface area contributed by atoms with E-state index in [-0.39, 0.29) is 0 Å². The number of aromatic nitrogens is 2. The Morgan fingerprint density at radius 2 is 2.19 bits per heavy atom. The van der Waals surface area contributed by atoms with Gasteiger partial charge in [-0.15, -0.1) is 0 Å². The summed E-state index contributed by atoms with van der Waals surface area (Å²) in [4.78, 5) is 0. The first-order chi connectivity index (χ1) is 7.75. The van der Waals surface area contributed by atoms with E-state index in [4.69, 9.17) is 0 Å². The Morgan fingerprint density at radius 3 is 2.88 bits per heavy atom. The summed E-state index contributed by atoms with van der Waals surface area (Å²) in [5.41, 5.74) is 2.38. The van der Waals surface area contributed by atoms with Crippen molar-refractivity contribution in [1.82, 2.24) is 15.1 Å². The van der Waals surface area contributed by atoms with Gasteiger partial charge in [-0.1, -0.05) is 26.0 Å². The maximum absolute atomic E-state index is 4.22. The maximum Gasteiger partial charge on any atom is 0.0648 e. The fraction of sp³-hybridized carbons (Fsp3) is 0.308. The molecule has 1 heterocycles. The number of rotatable bonds is 4. The third kappa shape index (κ3) is 2.70. The lowest BCUT2D eigenvalue weighted by molar-refractivity contribution is 0.588. The molecule has 16 heavy (non-hydrogen) atoms. The highest BCUT2D eigenvalue weighted by Crippen LogP contribution is 2.09. The fourth-order valence-corrected chi connectivity index (χ4v) is 1.55. The van der Waals surface area contributed by atoms with Crippen molar-refractivity contribution in [2.24, 2.45) is 0 Å². The second-order valence-corrected chi connectivity index (χ2v) is 4.16. The molecule has 0 atom stereocenters. The number of nitrogens with one attached hydrogen (secondary N) is 1. The minimum Gasteiger partial charge on any atom is -0.310 e. The standard InChI is InChI=1S/C13H17N3/c1-11(2)14-10-12-5-3-6-13(9-12)16-8-4-7-15-16/h3-9,11,14H,10H2,1-2H3. The monoisotopic (exact) mass is 215 g/mol. The van der Waals surface area contributed by atoms with Crippen molar-refractivity contribution in [2.75, 3.05) is 0 Å². The van der Waals surface area contributed by atoms with Gasteiger partial charge in [0.1, 0.15) is 0 Å². The zero-order valence-electron chi connectivity index (χ0n) is 9.72. The second-order valence-electron chi connectivity index (χ2n) is 4.16. The zero-order valence-corrected chi connectivity index (χ0v) is 9.72. The normalized spacial score (nSPS) is 10.9. The van der Waals surface area contributed by atoms with Crippen molar-refractivity contribution in [3.63, 3.8) is 0 Å². The molecule has 0 aliphatic heterocycles. The molecule has 0 amide bonds. The molecule has 2 aromatic rings. The van der Waals surface area contributed by atoms with E-state index in [2.05, 4.69) is 48.5 Å². The number of benzene rings is 1. The Balaban J connectivity index is 2.14. The molecule has 0 saturated heterocycles. The first-order valence-electron chi connectivity index (χ1n) is 5.58. The topological polar surface area (TPSA) is 29.9 Å². The van der Waals surface area contributed by atoms with Crippen LogP contribution in [0.3, 0.4) is 0 Å². The maximum atomic E-state index is 4.22. The lowest BCUT2D eigenvalue weighted by Crippen LogP contribution is -2.21. The Hall–Kier alpha value is -1.61. The van der Waals surface area contributed by atoms with E-state index in [0.717, 1.165) is 12.2 Å².